The van der Waals surface area contributed by atoms with Gasteiger partial charge in [0.05, 0.1) is 11.7 Å². The highest BCUT2D eigenvalue weighted by molar-refractivity contribution is 5.89. The number of furan rings is 1. The van der Waals surface area contributed by atoms with Crippen LogP contribution in [0.4, 0.5) is 19.3 Å². The third-order valence-electron chi connectivity index (χ3n) is 2.71. The Morgan fingerprint density at radius 3 is 2.60 bits per heavy atom. The Hall–Kier alpha value is -2.37. The molecule has 20 heavy (non-hydrogen) atoms. The van der Waals surface area contributed by atoms with Crippen LogP contribution in [0.15, 0.2) is 34.7 Å². The van der Waals surface area contributed by atoms with E-state index in [0.29, 0.717) is 11.8 Å². The van der Waals surface area contributed by atoms with E-state index in [1.807, 2.05) is 0 Å². The highest BCUT2D eigenvalue weighted by Crippen LogP contribution is 2.17. The van der Waals surface area contributed by atoms with Gasteiger partial charge < -0.3 is 15.1 Å². The fraction of sp³-hybridized carbons (Fsp3) is 0.214. The normalized spacial score (nSPS) is 12.0. The van der Waals surface area contributed by atoms with Crippen LogP contribution in [0.3, 0.4) is 0 Å². The van der Waals surface area contributed by atoms with Gasteiger partial charge in [0, 0.05) is 6.07 Å². The first-order valence-electron chi connectivity index (χ1n) is 6.04. The van der Waals surface area contributed by atoms with Crippen LogP contribution in [-0.4, -0.2) is 6.03 Å². The summed E-state index contributed by atoms with van der Waals surface area (Å²) in [6, 6.07) is 5.49. The van der Waals surface area contributed by atoms with Crippen LogP contribution in [0.2, 0.25) is 0 Å². The number of urea groups is 1. The van der Waals surface area contributed by atoms with Gasteiger partial charge in [-0.05, 0) is 38.1 Å². The van der Waals surface area contributed by atoms with Crippen molar-refractivity contribution in [1.29, 1.82) is 0 Å². The van der Waals surface area contributed by atoms with Crippen molar-refractivity contribution < 1.29 is 18.0 Å². The van der Waals surface area contributed by atoms with Gasteiger partial charge in [0.15, 0.2) is 0 Å². The molecule has 0 spiro atoms. The summed E-state index contributed by atoms with van der Waals surface area (Å²) >= 11 is 0. The van der Waals surface area contributed by atoms with Crippen molar-refractivity contribution in [1.82, 2.24) is 5.32 Å². The van der Waals surface area contributed by atoms with Crippen molar-refractivity contribution >= 4 is 11.7 Å². The Morgan fingerprint density at radius 1 is 1.25 bits per heavy atom. The standard InChI is InChI=1S/C14H14F2N2O2/c1-8-3-6-13(20-8)9(2)17-14(19)18-12-5-4-10(15)7-11(12)16/h3-7,9H,1-2H3,(H2,17,18,19). The number of rotatable bonds is 3. The second kappa shape index (κ2) is 5.73. The monoisotopic (exact) mass is 280 g/mol. The lowest BCUT2D eigenvalue weighted by Gasteiger charge is -2.13. The Labute approximate surface area is 114 Å². The van der Waals surface area contributed by atoms with Gasteiger partial charge in [-0.3, -0.25) is 0 Å². The highest BCUT2D eigenvalue weighted by atomic mass is 19.1. The van der Waals surface area contributed by atoms with Gasteiger partial charge >= 0.3 is 6.03 Å². The Morgan fingerprint density at radius 2 is 2.00 bits per heavy atom. The van der Waals surface area contributed by atoms with Gasteiger partial charge in [-0.2, -0.15) is 0 Å². The molecule has 1 aromatic heterocycles. The minimum Gasteiger partial charge on any atom is -0.464 e. The molecule has 2 amide bonds. The molecular formula is C14H14F2N2O2. The molecule has 0 bridgehead atoms. The van der Waals surface area contributed by atoms with Crippen LogP contribution >= 0.6 is 0 Å². The third-order valence-corrected chi connectivity index (χ3v) is 2.71. The van der Waals surface area contributed by atoms with E-state index in [4.69, 9.17) is 4.42 Å². The van der Waals surface area contributed by atoms with Crippen LogP contribution in [0.1, 0.15) is 24.5 Å². The molecule has 0 aliphatic carbocycles. The maximum absolute atomic E-state index is 13.4. The topological polar surface area (TPSA) is 54.3 Å². The van der Waals surface area contributed by atoms with Gasteiger partial charge in [-0.15, -0.1) is 0 Å². The smallest absolute Gasteiger partial charge is 0.319 e. The molecule has 0 fully saturated rings. The fourth-order valence-corrected chi connectivity index (χ4v) is 1.70. The summed E-state index contributed by atoms with van der Waals surface area (Å²) in [6.07, 6.45) is 0. The predicted octanol–water partition coefficient (Wildman–Crippen LogP) is 3.75. The van der Waals surface area contributed by atoms with E-state index < -0.39 is 17.7 Å². The first-order valence-corrected chi connectivity index (χ1v) is 6.04. The maximum atomic E-state index is 13.4. The number of carbonyl (C=O) groups excluding carboxylic acids is 1. The first-order chi connectivity index (χ1) is 9.45. The molecule has 4 nitrogen and oxygen atoms in total. The Bertz CT molecular complexity index is 625. The average molecular weight is 280 g/mol. The summed E-state index contributed by atoms with van der Waals surface area (Å²) in [5, 5.41) is 4.91. The van der Waals surface area contributed by atoms with E-state index >= 15 is 0 Å². The lowest BCUT2D eigenvalue weighted by Crippen LogP contribution is -2.31. The molecular weight excluding hydrogens is 266 g/mol. The summed E-state index contributed by atoms with van der Waals surface area (Å²) in [5.74, 6) is -0.203. The number of hydrogen-bond acceptors (Lipinski definition) is 2. The molecule has 106 valence electrons. The minimum absolute atomic E-state index is 0.0910. The molecule has 0 aliphatic heterocycles. The molecule has 2 aromatic rings. The van der Waals surface area contributed by atoms with E-state index in [1.54, 1.807) is 26.0 Å². The van der Waals surface area contributed by atoms with E-state index in [2.05, 4.69) is 10.6 Å². The Balaban J connectivity index is 1.98. The lowest BCUT2D eigenvalue weighted by molar-refractivity contribution is 0.247. The molecule has 0 saturated heterocycles. The molecule has 1 atom stereocenters. The van der Waals surface area contributed by atoms with Crippen LogP contribution in [0, 0.1) is 18.6 Å². The van der Waals surface area contributed by atoms with Crippen LogP contribution in [0.5, 0.6) is 0 Å². The van der Waals surface area contributed by atoms with Crippen molar-refractivity contribution in [3.8, 4) is 0 Å². The minimum atomic E-state index is -0.832. The van der Waals surface area contributed by atoms with E-state index in [1.165, 1.54) is 0 Å². The second-order valence-electron chi connectivity index (χ2n) is 4.39. The summed E-state index contributed by atoms with van der Waals surface area (Å²) in [6.45, 7) is 3.53. The predicted molar refractivity (Wildman–Crippen MR) is 70.4 cm³/mol. The lowest BCUT2D eigenvalue weighted by atomic mass is 10.2. The van der Waals surface area contributed by atoms with Gasteiger partial charge in [0.1, 0.15) is 23.2 Å². The number of carbonyl (C=O) groups is 1. The second-order valence-corrected chi connectivity index (χ2v) is 4.39. The third kappa shape index (κ3) is 3.34. The number of aryl methyl sites for hydroxylation is 1. The summed E-state index contributed by atoms with van der Waals surface area (Å²) in [7, 11) is 0. The molecule has 2 rings (SSSR count). The maximum Gasteiger partial charge on any atom is 0.319 e. The van der Waals surface area contributed by atoms with Crippen molar-refractivity contribution in [2.45, 2.75) is 19.9 Å². The van der Waals surface area contributed by atoms with Crippen molar-refractivity contribution in [2.24, 2.45) is 0 Å². The molecule has 0 radical (unpaired) electrons. The highest BCUT2D eigenvalue weighted by Gasteiger charge is 2.14. The molecule has 1 unspecified atom stereocenters. The van der Waals surface area contributed by atoms with Crippen LogP contribution < -0.4 is 10.6 Å². The number of hydrogen-bond donors (Lipinski definition) is 2. The zero-order valence-corrected chi connectivity index (χ0v) is 11.0. The SMILES string of the molecule is Cc1ccc(C(C)NC(=O)Nc2ccc(F)cc2F)o1. The molecule has 0 saturated carbocycles. The number of nitrogens with one attached hydrogen (secondary N) is 2. The summed E-state index contributed by atoms with van der Waals surface area (Å²) < 4.78 is 31.5. The van der Waals surface area contributed by atoms with Gasteiger partial charge in [0.2, 0.25) is 0 Å². The quantitative estimate of drug-likeness (QED) is 0.899. The van der Waals surface area contributed by atoms with E-state index in [-0.39, 0.29) is 11.7 Å². The van der Waals surface area contributed by atoms with Crippen LogP contribution in [-0.2, 0) is 0 Å². The van der Waals surface area contributed by atoms with Crippen molar-refractivity contribution in [3.05, 3.63) is 53.5 Å². The van der Waals surface area contributed by atoms with Crippen LogP contribution in [0.25, 0.3) is 0 Å². The molecule has 2 N–H and O–H groups in total. The fourth-order valence-electron chi connectivity index (χ4n) is 1.70. The molecule has 0 aliphatic rings. The number of amides is 2. The largest absolute Gasteiger partial charge is 0.464 e. The van der Waals surface area contributed by atoms with Gasteiger partial charge in [-0.1, -0.05) is 0 Å². The van der Waals surface area contributed by atoms with Gasteiger partial charge in [0.25, 0.3) is 0 Å². The van der Waals surface area contributed by atoms with Crippen molar-refractivity contribution in [3.63, 3.8) is 0 Å². The summed E-state index contributed by atoms with van der Waals surface area (Å²) in [4.78, 5) is 11.7. The molecule has 6 heteroatoms. The summed E-state index contributed by atoms with van der Waals surface area (Å²) in [5.41, 5.74) is -0.0910. The van der Waals surface area contributed by atoms with Gasteiger partial charge in [-0.25, -0.2) is 13.6 Å². The zero-order chi connectivity index (χ0) is 14.7. The molecule has 1 heterocycles. The number of benzene rings is 1. The van der Waals surface area contributed by atoms with E-state index in [9.17, 15) is 13.6 Å². The zero-order valence-electron chi connectivity index (χ0n) is 11.0. The Kier molecular flexibility index (Phi) is 4.02. The first kappa shape index (κ1) is 14.0. The van der Waals surface area contributed by atoms with Crippen molar-refractivity contribution in [2.75, 3.05) is 5.32 Å². The van der Waals surface area contributed by atoms with E-state index in [0.717, 1.165) is 17.9 Å². The molecule has 1 aromatic carbocycles. The number of halogens is 2. The number of anilines is 1. The average Bonchev–Trinajstić information content (AvgIpc) is 2.79.